The zero-order chi connectivity index (χ0) is 15.5. The first-order valence-electron chi connectivity index (χ1n) is 6.75. The Balaban J connectivity index is 2.17. The predicted octanol–water partition coefficient (Wildman–Crippen LogP) is 3.67. The number of aromatic nitrogens is 1. The summed E-state index contributed by atoms with van der Waals surface area (Å²) in [6, 6.07) is 10.5. The van der Waals surface area contributed by atoms with Gasteiger partial charge in [0.1, 0.15) is 5.75 Å². The smallest absolute Gasteiger partial charge is 0.497 e. The minimum absolute atomic E-state index is 0.430. The maximum Gasteiger partial charge on any atom is 0.677 e. The topological polar surface area (TPSA) is 26.5 Å². The standard InChI is InChI=1S/C16H13BF2N2O/c1-22-13-8-6-12(7-9-13)16(14-4-2-10-20-14)15-5-3-11-21(15)17(18)19/h2-11H,1H3/b16-14-. The molecule has 3 rings (SSSR count). The van der Waals surface area contributed by atoms with Crippen LogP contribution in [0.15, 0.2) is 65.4 Å². The van der Waals surface area contributed by atoms with Gasteiger partial charge >= 0.3 is 7.40 Å². The summed E-state index contributed by atoms with van der Waals surface area (Å²) in [5.41, 5.74) is 2.56. The average molecular weight is 298 g/mol. The first kappa shape index (κ1) is 14.3. The van der Waals surface area contributed by atoms with Gasteiger partial charge in [0.05, 0.1) is 12.8 Å². The van der Waals surface area contributed by atoms with Crippen molar-refractivity contribution in [3.8, 4) is 5.75 Å². The van der Waals surface area contributed by atoms with Crippen molar-refractivity contribution in [3.05, 3.63) is 71.7 Å². The zero-order valence-corrected chi connectivity index (χ0v) is 11.9. The van der Waals surface area contributed by atoms with Gasteiger partial charge in [-0.3, -0.25) is 13.6 Å². The molecule has 0 saturated carbocycles. The van der Waals surface area contributed by atoms with Gasteiger partial charge in [-0.15, -0.1) is 0 Å². The third kappa shape index (κ3) is 2.59. The van der Waals surface area contributed by atoms with Crippen LogP contribution in [0.1, 0.15) is 11.3 Å². The number of hydrogen-bond donors (Lipinski definition) is 0. The lowest BCUT2D eigenvalue weighted by molar-refractivity contribution is 0.415. The van der Waals surface area contributed by atoms with Crippen LogP contribution in [0.5, 0.6) is 5.75 Å². The first-order valence-corrected chi connectivity index (χ1v) is 6.75. The SMILES string of the molecule is COc1ccc(/C(=C2\C=CC=N2)c2cccn2B(F)F)cc1. The Morgan fingerprint density at radius 3 is 2.55 bits per heavy atom. The van der Waals surface area contributed by atoms with Crippen molar-refractivity contribution in [3.63, 3.8) is 0 Å². The summed E-state index contributed by atoms with van der Waals surface area (Å²) in [5, 5.41) is 0. The third-order valence-electron chi connectivity index (χ3n) is 3.43. The van der Waals surface area contributed by atoms with E-state index in [-0.39, 0.29) is 0 Å². The van der Waals surface area contributed by atoms with Gasteiger partial charge in [-0.25, -0.2) is 0 Å². The van der Waals surface area contributed by atoms with Crippen molar-refractivity contribution in [1.29, 1.82) is 0 Å². The summed E-state index contributed by atoms with van der Waals surface area (Å²) in [4.78, 5) is 4.27. The fraction of sp³-hybridized carbons (Fsp3) is 0.0625. The summed E-state index contributed by atoms with van der Waals surface area (Å²) in [6.45, 7) is 0. The van der Waals surface area contributed by atoms with Gasteiger partial charge in [-0.05, 0) is 48.2 Å². The van der Waals surface area contributed by atoms with Crippen molar-refractivity contribution >= 4 is 19.2 Å². The summed E-state index contributed by atoms with van der Waals surface area (Å²) in [7, 11) is -1.02. The fourth-order valence-corrected chi connectivity index (χ4v) is 2.41. The van der Waals surface area contributed by atoms with E-state index in [0.717, 1.165) is 10.0 Å². The predicted molar refractivity (Wildman–Crippen MR) is 84.4 cm³/mol. The number of ether oxygens (including phenoxy) is 1. The molecule has 0 saturated heterocycles. The second-order valence-corrected chi connectivity index (χ2v) is 4.70. The van der Waals surface area contributed by atoms with Crippen molar-refractivity contribution < 1.29 is 13.4 Å². The molecular formula is C16H13BF2N2O. The maximum absolute atomic E-state index is 13.2. The second-order valence-electron chi connectivity index (χ2n) is 4.70. The van der Waals surface area contributed by atoms with E-state index in [4.69, 9.17) is 4.74 Å². The summed E-state index contributed by atoms with van der Waals surface area (Å²) in [6.07, 6.45) is 6.61. The molecule has 0 radical (unpaired) electrons. The van der Waals surface area contributed by atoms with Crippen molar-refractivity contribution in [2.45, 2.75) is 0 Å². The Kier molecular flexibility index (Phi) is 3.91. The fourth-order valence-electron chi connectivity index (χ4n) is 2.41. The molecule has 6 heteroatoms. The lowest BCUT2D eigenvalue weighted by Crippen LogP contribution is -2.15. The summed E-state index contributed by atoms with van der Waals surface area (Å²) >= 11 is 0. The van der Waals surface area contributed by atoms with Gasteiger partial charge in [0.25, 0.3) is 0 Å². The maximum atomic E-state index is 13.2. The largest absolute Gasteiger partial charge is 0.677 e. The van der Waals surface area contributed by atoms with E-state index in [0.29, 0.717) is 22.7 Å². The van der Waals surface area contributed by atoms with Crippen LogP contribution in [-0.2, 0) is 0 Å². The molecule has 110 valence electrons. The Morgan fingerprint density at radius 1 is 1.18 bits per heavy atom. The Hall–Kier alpha value is -2.63. The lowest BCUT2D eigenvalue weighted by atomic mass is 9.99. The van der Waals surface area contributed by atoms with E-state index in [1.54, 1.807) is 43.7 Å². The first-order chi connectivity index (χ1) is 10.7. The van der Waals surface area contributed by atoms with E-state index < -0.39 is 7.40 Å². The Bertz CT molecular complexity index is 747. The molecule has 0 fully saturated rings. The molecule has 3 nitrogen and oxygen atoms in total. The molecule has 22 heavy (non-hydrogen) atoms. The van der Waals surface area contributed by atoms with Crippen LogP contribution in [0, 0.1) is 0 Å². The number of halogens is 2. The van der Waals surface area contributed by atoms with Gasteiger partial charge in [-0.2, -0.15) is 0 Å². The number of nitrogens with zero attached hydrogens (tertiary/aromatic N) is 2. The van der Waals surface area contributed by atoms with Crippen molar-refractivity contribution in [2.75, 3.05) is 7.11 Å². The van der Waals surface area contributed by atoms with E-state index >= 15 is 0 Å². The van der Waals surface area contributed by atoms with Gasteiger partial charge in [0.15, 0.2) is 0 Å². The molecule has 0 aliphatic carbocycles. The second kappa shape index (κ2) is 6.01. The Labute approximate surface area is 127 Å². The zero-order valence-electron chi connectivity index (χ0n) is 11.9. The van der Waals surface area contributed by atoms with Crippen LogP contribution in [0.25, 0.3) is 5.57 Å². The molecular weight excluding hydrogens is 285 g/mol. The number of allylic oxidation sites excluding steroid dienone is 2. The number of rotatable bonds is 4. The van der Waals surface area contributed by atoms with Crippen molar-refractivity contribution in [1.82, 2.24) is 4.48 Å². The third-order valence-corrected chi connectivity index (χ3v) is 3.43. The minimum atomic E-state index is -2.60. The molecule has 1 aromatic carbocycles. The van der Waals surface area contributed by atoms with Gasteiger partial charge in [0, 0.05) is 17.5 Å². The van der Waals surface area contributed by atoms with Gasteiger partial charge < -0.3 is 9.21 Å². The van der Waals surface area contributed by atoms with E-state index in [1.165, 1.54) is 6.20 Å². The van der Waals surface area contributed by atoms with Crippen LogP contribution in [0.2, 0.25) is 0 Å². The molecule has 0 amide bonds. The van der Waals surface area contributed by atoms with E-state index in [9.17, 15) is 8.63 Å². The normalized spacial score (nSPS) is 15.2. The highest BCUT2D eigenvalue weighted by atomic mass is 19.2. The van der Waals surface area contributed by atoms with Crippen LogP contribution in [-0.4, -0.2) is 25.2 Å². The summed E-state index contributed by atoms with van der Waals surface area (Å²) in [5.74, 6) is 0.711. The van der Waals surface area contributed by atoms with Crippen molar-refractivity contribution in [2.24, 2.45) is 4.99 Å². The quantitative estimate of drug-likeness (QED) is 0.791. The highest BCUT2D eigenvalue weighted by Gasteiger charge is 2.23. The highest BCUT2D eigenvalue weighted by molar-refractivity contribution is 6.41. The minimum Gasteiger partial charge on any atom is -0.497 e. The van der Waals surface area contributed by atoms with Gasteiger partial charge in [-0.1, -0.05) is 12.1 Å². The van der Waals surface area contributed by atoms with Crippen LogP contribution in [0.4, 0.5) is 8.63 Å². The number of hydrogen-bond acceptors (Lipinski definition) is 2. The van der Waals surface area contributed by atoms with Crippen LogP contribution < -0.4 is 4.74 Å². The molecule has 0 spiro atoms. The molecule has 0 bridgehead atoms. The molecule has 0 unspecified atom stereocenters. The Morgan fingerprint density at radius 2 is 1.95 bits per heavy atom. The monoisotopic (exact) mass is 298 g/mol. The molecule has 1 aromatic heterocycles. The number of benzene rings is 1. The van der Waals surface area contributed by atoms with E-state index in [2.05, 4.69) is 4.99 Å². The summed E-state index contributed by atoms with van der Waals surface area (Å²) < 4.78 is 32.5. The average Bonchev–Trinajstić information content (AvgIpc) is 3.20. The molecule has 2 heterocycles. The van der Waals surface area contributed by atoms with Gasteiger partial charge in [0.2, 0.25) is 0 Å². The molecule has 0 atom stereocenters. The number of aliphatic imine (C=N–C) groups is 1. The number of methoxy groups -OCH3 is 1. The molecule has 2 aromatic rings. The van der Waals surface area contributed by atoms with E-state index in [1.807, 2.05) is 18.2 Å². The van der Waals surface area contributed by atoms with Crippen LogP contribution >= 0.6 is 0 Å². The highest BCUT2D eigenvalue weighted by Crippen LogP contribution is 2.31. The molecule has 1 aliphatic heterocycles. The molecule has 1 aliphatic rings. The van der Waals surface area contributed by atoms with Crippen LogP contribution in [0.3, 0.4) is 0 Å². The molecule has 0 N–H and O–H groups in total. The lowest BCUT2D eigenvalue weighted by Gasteiger charge is -2.13.